The van der Waals surface area contributed by atoms with Gasteiger partial charge in [0.05, 0.1) is 13.2 Å². The molecule has 0 unspecified atom stereocenters. The topological polar surface area (TPSA) is 72.5 Å². The third kappa shape index (κ3) is 7.32. The van der Waals surface area contributed by atoms with Crippen molar-refractivity contribution in [2.24, 2.45) is 5.73 Å². The van der Waals surface area contributed by atoms with Crippen molar-refractivity contribution >= 4 is 18.4 Å². The Morgan fingerprint density at radius 3 is 2.73 bits per heavy atom. The molecule has 3 N–H and O–H groups in total. The summed E-state index contributed by atoms with van der Waals surface area (Å²) in [5.41, 5.74) is 5.10. The zero-order valence-electron chi connectivity index (χ0n) is 6.03. The fourth-order valence-electron chi connectivity index (χ4n) is 0.350. The quantitative estimate of drug-likeness (QED) is 0.464. The van der Waals surface area contributed by atoms with Crippen LogP contribution in [-0.2, 0) is 9.53 Å². The highest BCUT2D eigenvalue weighted by molar-refractivity contribution is 5.85. The number of carboxylic acids is 1. The molecule has 0 aliphatic rings. The Bertz CT molecular complexity index is 129. The second kappa shape index (κ2) is 7.53. The van der Waals surface area contributed by atoms with E-state index in [0.29, 0.717) is 6.61 Å². The second-order valence-corrected chi connectivity index (χ2v) is 1.77. The number of carboxylic acid groups (broad SMARTS) is 1. The van der Waals surface area contributed by atoms with E-state index in [9.17, 15) is 4.79 Å². The lowest BCUT2D eigenvalue weighted by atomic mass is 10.3. The summed E-state index contributed by atoms with van der Waals surface area (Å²) in [4.78, 5) is 10.1. The molecular weight excluding hydrogens is 170 g/mol. The van der Waals surface area contributed by atoms with Crippen LogP contribution in [0.5, 0.6) is 0 Å². The number of aliphatic carboxylic acids is 1. The number of hydrogen-bond acceptors (Lipinski definition) is 3. The minimum Gasteiger partial charge on any atom is -0.480 e. The van der Waals surface area contributed by atoms with E-state index in [1.807, 2.05) is 0 Å². The molecule has 0 heterocycles. The third-order valence-corrected chi connectivity index (χ3v) is 0.850. The van der Waals surface area contributed by atoms with Crippen LogP contribution in [-0.4, -0.2) is 30.3 Å². The molecule has 0 amide bonds. The number of halogens is 1. The van der Waals surface area contributed by atoms with Crippen molar-refractivity contribution < 1.29 is 14.6 Å². The highest BCUT2D eigenvalue weighted by atomic mass is 35.5. The lowest BCUT2D eigenvalue weighted by Gasteiger charge is -2.04. The molecule has 5 heteroatoms. The summed E-state index contributed by atoms with van der Waals surface area (Å²) in [6.07, 6.45) is 1.54. The van der Waals surface area contributed by atoms with Crippen molar-refractivity contribution in [3.8, 4) is 0 Å². The van der Waals surface area contributed by atoms with Gasteiger partial charge < -0.3 is 15.6 Å². The number of carbonyl (C=O) groups is 1. The van der Waals surface area contributed by atoms with Crippen LogP contribution in [0, 0.1) is 0 Å². The molecule has 0 aromatic heterocycles. The highest BCUT2D eigenvalue weighted by Crippen LogP contribution is 1.81. The van der Waals surface area contributed by atoms with Gasteiger partial charge in [0.2, 0.25) is 0 Å². The summed E-state index contributed by atoms with van der Waals surface area (Å²) >= 11 is 0. The number of hydrogen-bond donors (Lipinski definition) is 2. The first-order chi connectivity index (χ1) is 4.68. The van der Waals surface area contributed by atoms with Gasteiger partial charge in [0, 0.05) is 0 Å². The zero-order chi connectivity index (χ0) is 7.98. The Morgan fingerprint density at radius 1 is 1.82 bits per heavy atom. The van der Waals surface area contributed by atoms with Gasteiger partial charge >= 0.3 is 5.97 Å². The summed E-state index contributed by atoms with van der Waals surface area (Å²) in [5, 5.41) is 8.25. The maximum Gasteiger partial charge on any atom is 0.322 e. The minimum atomic E-state index is -1.05. The highest BCUT2D eigenvalue weighted by Gasteiger charge is 2.09. The molecule has 0 aliphatic heterocycles. The van der Waals surface area contributed by atoms with Crippen LogP contribution in [0.1, 0.15) is 0 Å². The van der Waals surface area contributed by atoms with Crippen LogP contribution in [0.25, 0.3) is 0 Å². The van der Waals surface area contributed by atoms with E-state index in [1.54, 1.807) is 0 Å². The molecule has 0 spiro atoms. The Kier molecular flexibility index (Phi) is 8.92. The number of ether oxygens (including phenoxy) is 1. The summed E-state index contributed by atoms with van der Waals surface area (Å²) in [6.45, 7) is 3.75. The number of rotatable bonds is 5. The molecule has 0 aromatic rings. The molecule has 0 fully saturated rings. The standard InChI is InChI=1S/C6H11NO3.ClH/c1-2-3-10-4-5(7)6(8)9;/h2,5H,1,3-4,7H2,(H,8,9);1H/t5-;/m0./s1. The lowest BCUT2D eigenvalue weighted by Crippen LogP contribution is -2.34. The molecule has 0 saturated carbocycles. The van der Waals surface area contributed by atoms with Crippen LogP contribution >= 0.6 is 12.4 Å². The molecule has 0 saturated heterocycles. The molecular formula is C6H12ClNO3. The SMILES string of the molecule is C=CCOC[C@H](N)C(=O)O.Cl. The lowest BCUT2D eigenvalue weighted by molar-refractivity contribution is -0.139. The van der Waals surface area contributed by atoms with Crippen LogP contribution < -0.4 is 5.73 Å². The van der Waals surface area contributed by atoms with Crippen molar-refractivity contribution in [2.45, 2.75) is 6.04 Å². The zero-order valence-corrected chi connectivity index (χ0v) is 6.84. The molecule has 0 rings (SSSR count). The Morgan fingerprint density at radius 2 is 2.36 bits per heavy atom. The van der Waals surface area contributed by atoms with Gasteiger partial charge in [-0.15, -0.1) is 19.0 Å². The molecule has 66 valence electrons. The Balaban J connectivity index is 0. The summed E-state index contributed by atoms with van der Waals surface area (Å²) in [6, 6.07) is -0.931. The molecule has 0 bridgehead atoms. The van der Waals surface area contributed by atoms with Crippen molar-refractivity contribution in [3.63, 3.8) is 0 Å². The summed E-state index contributed by atoms with van der Waals surface area (Å²) < 4.78 is 4.78. The molecule has 0 radical (unpaired) electrons. The number of nitrogens with two attached hydrogens (primary N) is 1. The van der Waals surface area contributed by atoms with Gasteiger partial charge in [-0.25, -0.2) is 0 Å². The van der Waals surface area contributed by atoms with Crippen LogP contribution in [0.4, 0.5) is 0 Å². The van der Waals surface area contributed by atoms with E-state index in [1.165, 1.54) is 6.08 Å². The minimum absolute atomic E-state index is 0. The van der Waals surface area contributed by atoms with Crippen LogP contribution in [0.2, 0.25) is 0 Å². The van der Waals surface area contributed by atoms with Crippen molar-refractivity contribution in [1.82, 2.24) is 0 Å². The van der Waals surface area contributed by atoms with Gasteiger partial charge in [-0.1, -0.05) is 6.08 Å². The van der Waals surface area contributed by atoms with E-state index in [0.717, 1.165) is 0 Å². The largest absolute Gasteiger partial charge is 0.480 e. The van der Waals surface area contributed by atoms with Gasteiger partial charge in [-0.3, -0.25) is 4.79 Å². The third-order valence-electron chi connectivity index (χ3n) is 0.850. The first kappa shape index (κ1) is 13.0. The molecule has 11 heavy (non-hydrogen) atoms. The smallest absolute Gasteiger partial charge is 0.322 e. The fraction of sp³-hybridized carbons (Fsp3) is 0.500. The molecule has 4 nitrogen and oxygen atoms in total. The van der Waals surface area contributed by atoms with E-state index < -0.39 is 12.0 Å². The van der Waals surface area contributed by atoms with Gasteiger partial charge in [0.1, 0.15) is 6.04 Å². The first-order valence-corrected chi connectivity index (χ1v) is 2.85. The summed E-state index contributed by atoms with van der Waals surface area (Å²) in [5.74, 6) is -1.05. The molecule has 0 aliphatic carbocycles. The molecule has 0 aromatic carbocycles. The average Bonchev–Trinajstić information content (AvgIpc) is 1.88. The summed E-state index contributed by atoms with van der Waals surface area (Å²) in [7, 11) is 0. The van der Waals surface area contributed by atoms with E-state index in [2.05, 4.69) is 6.58 Å². The predicted octanol–water partition coefficient (Wildman–Crippen LogP) is 0.0227. The van der Waals surface area contributed by atoms with Crippen LogP contribution in [0.15, 0.2) is 12.7 Å². The predicted molar refractivity (Wildman–Crippen MR) is 43.9 cm³/mol. The Hall–Kier alpha value is -0.580. The van der Waals surface area contributed by atoms with Gasteiger partial charge in [-0.2, -0.15) is 0 Å². The van der Waals surface area contributed by atoms with E-state index in [-0.39, 0.29) is 19.0 Å². The molecule has 1 atom stereocenters. The maximum absolute atomic E-state index is 10.1. The normalized spacial score (nSPS) is 11.4. The van der Waals surface area contributed by atoms with Gasteiger partial charge in [0.25, 0.3) is 0 Å². The fourth-order valence-corrected chi connectivity index (χ4v) is 0.350. The first-order valence-electron chi connectivity index (χ1n) is 2.85. The van der Waals surface area contributed by atoms with Crippen LogP contribution in [0.3, 0.4) is 0 Å². The second-order valence-electron chi connectivity index (χ2n) is 1.77. The van der Waals surface area contributed by atoms with Crippen molar-refractivity contribution in [2.75, 3.05) is 13.2 Å². The van der Waals surface area contributed by atoms with Gasteiger partial charge in [0.15, 0.2) is 0 Å². The van der Waals surface area contributed by atoms with Crippen molar-refractivity contribution in [3.05, 3.63) is 12.7 Å². The van der Waals surface area contributed by atoms with E-state index >= 15 is 0 Å². The average molecular weight is 182 g/mol. The van der Waals surface area contributed by atoms with Gasteiger partial charge in [-0.05, 0) is 0 Å². The van der Waals surface area contributed by atoms with E-state index in [4.69, 9.17) is 15.6 Å². The maximum atomic E-state index is 10.1. The van der Waals surface area contributed by atoms with Crippen molar-refractivity contribution in [1.29, 1.82) is 0 Å². The monoisotopic (exact) mass is 181 g/mol. The Labute approximate surface area is 71.4 Å².